The first kappa shape index (κ1) is 20.3. The molecule has 0 amide bonds. The van der Waals surface area contributed by atoms with Crippen LogP contribution in [0.3, 0.4) is 0 Å². The molecule has 2 N–H and O–H groups in total. The van der Waals surface area contributed by atoms with Gasteiger partial charge in [0.25, 0.3) is 5.16 Å². The Bertz CT molecular complexity index is 1230. The van der Waals surface area contributed by atoms with E-state index < -0.39 is 10.1 Å². The normalized spacial score (nSPS) is 12.1. The Morgan fingerprint density at radius 3 is 2.87 bits per heavy atom. The number of benzene rings is 1. The summed E-state index contributed by atoms with van der Waals surface area (Å²) in [6.07, 6.45) is 3.95. The molecule has 4 rings (SSSR count). The minimum Gasteiger partial charge on any atom is -0.493 e. The Hall–Kier alpha value is -3.02. The number of hydrogen-bond donors (Lipinski definition) is 2. The molecular formula is C19H21N5O5S. The molecule has 0 saturated heterocycles. The largest absolute Gasteiger partial charge is 0.493 e. The summed E-state index contributed by atoms with van der Waals surface area (Å²) in [5, 5.41) is 7.36. The second kappa shape index (κ2) is 8.38. The Morgan fingerprint density at radius 2 is 2.03 bits per heavy atom. The van der Waals surface area contributed by atoms with Crippen molar-refractivity contribution in [2.24, 2.45) is 0 Å². The van der Waals surface area contributed by atoms with Crippen LogP contribution in [0.25, 0.3) is 21.9 Å². The van der Waals surface area contributed by atoms with Gasteiger partial charge in [-0.3, -0.25) is 14.3 Å². The average Bonchev–Trinajstić information content (AvgIpc) is 3.35. The molecule has 0 aliphatic rings. The van der Waals surface area contributed by atoms with Crippen LogP contribution < -0.4 is 4.74 Å². The zero-order valence-electron chi connectivity index (χ0n) is 16.5. The Kier molecular flexibility index (Phi) is 5.66. The third-order valence-corrected chi connectivity index (χ3v) is 5.71. The second-order valence-corrected chi connectivity index (χ2v) is 8.19. The van der Waals surface area contributed by atoms with Gasteiger partial charge in [0.1, 0.15) is 12.4 Å². The van der Waals surface area contributed by atoms with Gasteiger partial charge in [-0.2, -0.15) is 13.5 Å². The number of imidazole rings is 1. The molecule has 0 saturated carbocycles. The van der Waals surface area contributed by atoms with E-state index in [1.54, 1.807) is 44.6 Å². The second-order valence-electron chi connectivity index (χ2n) is 6.66. The van der Waals surface area contributed by atoms with Crippen molar-refractivity contribution in [3.63, 3.8) is 0 Å². The van der Waals surface area contributed by atoms with Gasteiger partial charge in [-0.1, -0.05) is 0 Å². The van der Waals surface area contributed by atoms with Crippen LogP contribution in [0.2, 0.25) is 0 Å². The molecule has 0 bridgehead atoms. The van der Waals surface area contributed by atoms with Gasteiger partial charge in [-0.05, 0) is 25.1 Å². The maximum absolute atomic E-state index is 12.6. The maximum atomic E-state index is 12.6. The van der Waals surface area contributed by atoms with E-state index in [0.29, 0.717) is 35.7 Å². The lowest BCUT2D eigenvalue weighted by atomic mass is 10.2. The topological polar surface area (TPSA) is 132 Å². The van der Waals surface area contributed by atoms with Crippen molar-refractivity contribution in [1.82, 2.24) is 25.1 Å². The van der Waals surface area contributed by atoms with Crippen molar-refractivity contribution < 1.29 is 22.1 Å². The molecule has 0 aliphatic carbocycles. The predicted octanol–water partition coefficient (Wildman–Crippen LogP) is 2.46. The zero-order chi connectivity index (χ0) is 21.1. The SMILES string of the molecule is COCCCOc1ccnc(COS(=O)(=O)c2nc3cc4[nH]ncc4cc3[nH]2)c1C. The predicted molar refractivity (Wildman–Crippen MR) is 109 cm³/mol. The first-order valence-electron chi connectivity index (χ1n) is 9.26. The summed E-state index contributed by atoms with van der Waals surface area (Å²) >= 11 is 0. The quantitative estimate of drug-likeness (QED) is 0.305. The number of pyridine rings is 1. The monoisotopic (exact) mass is 431 g/mol. The van der Waals surface area contributed by atoms with Crippen molar-refractivity contribution in [2.75, 3.05) is 20.3 Å². The molecule has 0 aliphatic heterocycles. The summed E-state index contributed by atoms with van der Waals surface area (Å²) in [6, 6.07) is 5.23. The highest BCUT2D eigenvalue weighted by Crippen LogP contribution is 2.24. The molecular weight excluding hydrogens is 410 g/mol. The molecule has 3 heterocycles. The number of nitrogens with one attached hydrogen (secondary N) is 2. The van der Waals surface area contributed by atoms with Crippen molar-refractivity contribution in [1.29, 1.82) is 0 Å². The highest BCUT2D eigenvalue weighted by atomic mass is 32.2. The van der Waals surface area contributed by atoms with Gasteiger partial charge in [0.05, 0.1) is 35.0 Å². The molecule has 0 unspecified atom stereocenters. The van der Waals surface area contributed by atoms with E-state index in [-0.39, 0.29) is 11.8 Å². The fraction of sp³-hybridized carbons (Fsp3) is 0.316. The number of aromatic amines is 2. The maximum Gasteiger partial charge on any atom is 0.331 e. The van der Waals surface area contributed by atoms with Gasteiger partial charge in [0, 0.05) is 37.3 Å². The highest BCUT2D eigenvalue weighted by molar-refractivity contribution is 7.86. The summed E-state index contributed by atoms with van der Waals surface area (Å²) in [7, 11) is -2.47. The number of ether oxygens (including phenoxy) is 2. The minimum atomic E-state index is -4.11. The Labute approximate surface area is 172 Å². The fourth-order valence-corrected chi connectivity index (χ4v) is 3.80. The van der Waals surface area contributed by atoms with Crippen molar-refractivity contribution in [3.05, 3.63) is 41.9 Å². The van der Waals surface area contributed by atoms with Gasteiger partial charge in [0.2, 0.25) is 0 Å². The van der Waals surface area contributed by atoms with E-state index in [0.717, 1.165) is 22.9 Å². The fourth-order valence-electron chi connectivity index (χ4n) is 2.98. The summed E-state index contributed by atoms with van der Waals surface area (Å²) in [5.41, 5.74) is 3.03. The van der Waals surface area contributed by atoms with E-state index in [4.69, 9.17) is 13.7 Å². The summed E-state index contributed by atoms with van der Waals surface area (Å²) in [4.78, 5) is 11.2. The van der Waals surface area contributed by atoms with Crippen molar-refractivity contribution in [2.45, 2.75) is 25.1 Å². The molecule has 10 nitrogen and oxygen atoms in total. The van der Waals surface area contributed by atoms with Crippen molar-refractivity contribution >= 4 is 32.1 Å². The molecule has 158 valence electrons. The first-order chi connectivity index (χ1) is 14.5. The van der Waals surface area contributed by atoms with E-state index in [1.165, 1.54) is 0 Å². The average molecular weight is 431 g/mol. The van der Waals surface area contributed by atoms with E-state index >= 15 is 0 Å². The molecule has 30 heavy (non-hydrogen) atoms. The van der Waals surface area contributed by atoms with Gasteiger partial charge < -0.3 is 14.5 Å². The lowest BCUT2D eigenvalue weighted by molar-refractivity contribution is 0.171. The van der Waals surface area contributed by atoms with E-state index in [2.05, 4.69) is 25.1 Å². The molecule has 0 spiro atoms. The third kappa shape index (κ3) is 4.13. The van der Waals surface area contributed by atoms with Crippen molar-refractivity contribution in [3.8, 4) is 5.75 Å². The van der Waals surface area contributed by atoms with Gasteiger partial charge in [0.15, 0.2) is 0 Å². The standard InChI is InChI=1S/C19H21N5O5S/c1-12-17(20-5-4-18(12)28-7-3-6-27-2)11-29-30(25,26)19-22-15-8-13-10-21-24-14(13)9-16(15)23-19/h4-5,8-10H,3,6-7,11H2,1-2H3,(H,21,24)(H,22,23). The molecule has 1 aromatic carbocycles. The van der Waals surface area contributed by atoms with Crippen LogP contribution in [-0.2, 0) is 25.6 Å². The van der Waals surface area contributed by atoms with Crippen LogP contribution in [0, 0.1) is 6.92 Å². The molecule has 0 atom stereocenters. The smallest absolute Gasteiger partial charge is 0.331 e. The van der Waals surface area contributed by atoms with Crippen LogP contribution in [0.15, 0.2) is 35.7 Å². The molecule has 0 radical (unpaired) electrons. The lowest BCUT2D eigenvalue weighted by Gasteiger charge is -2.12. The number of rotatable bonds is 9. The lowest BCUT2D eigenvalue weighted by Crippen LogP contribution is -2.10. The third-order valence-electron chi connectivity index (χ3n) is 4.62. The summed E-state index contributed by atoms with van der Waals surface area (Å²) < 4.78 is 41.2. The first-order valence-corrected chi connectivity index (χ1v) is 10.7. The van der Waals surface area contributed by atoms with Crippen LogP contribution in [0.1, 0.15) is 17.7 Å². The minimum absolute atomic E-state index is 0.231. The van der Waals surface area contributed by atoms with Crippen LogP contribution >= 0.6 is 0 Å². The molecule has 3 aromatic heterocycles. The molecule has 0 fully saturated rings. The number of H-pyrrole nitrogens is 2. The van der Waals surface area contributed by atoms with Crippen LogP contribution in [-0.4, -0.2) is 53.9 Å². The molecule has 11 heteroatoms. The van der Waals surface area contributed by atoms with Gasteiger partial charge in [-0.15, -0.1) is 0 Å². The van der Waals surface area contributed by atoms with E-state index in [1.807, 2.05) is 0 Å². The van der Waals surface area contributed by atoms with E-state index in [9.17, 15) is 8.42 Å². The van der Waals surface area contributed by atoms with Gasteiger partial charge in [-0.25, -0.2) is 4.98 Å². The van der Waals surface area contributed by atoms with Gasteiger partial charge >= 0.3 is 10.1 Å². The number of nitrogens with zero attached hydrogens (tertiary/aromatic N) is 3. The summed E-state index contributed by atoms with van der Waals surface area (Å²) in [5.74, 6) is 0.629. The number of aromatic nitrogens is 5. The number of methoxy groups -OCH3 is 1. The zero-order valence-corrected chi connectivity index (χ0v) is 17.3. The number of hydrogen-bond acceptors (Lipinski definition) is 8. The Morgan fingerprint density at radius 1 is 1.17 bits per heavy atom. The molecule has 4 aromatic rings. The number of fused-ring (bicyclic) bond motifs is 2. The highest BCUT2D eigenvalue weighted by Gasteiger charge is 2.22. The Balaban J connectivity index is 1.49. The van der Waals surface area contributed by atoms with Crippen LogP contribution in [0.4, 0.5) is 0 Å². The summed E-state index contributed by atoms with van der Waals surface area (Å²) in [6.45, 7) is 2.66. The van der Waals surface area contributed by atoms with Crippen LogP contribution in [0.5, 0.6) is 5.75 Å².